The summed E-state index contributed by atoms with van der Waals surface area (Å²) < 4.78 is 11.8. The summed E-state index contributed by atoms with van der Waals surface area (Å²) in [5.74, 6) is -2.33. The van der Waals surface area contributed by atoms with E-state index in [2.05, 4.69) is 0 Å². The number of anilines is 1. The third kappa shape index (κ3) is 3.27. The molecule has 7 rings (SSSR count). The number of carbonyl (C=O) groups is 5. The molecule has 41 heavy (non-hydrogen) atoms. The third-order valence-electron chi connectivity index (χ3n) is 8.46. The van der Waals surface area contributed by atoms with E-state index in [0.29, 0.717) is 11.3 Å². The van der Waals surface area contributed by atoms with Crippen molar-refractivity contribution in [2.75, 3.05) is 4.90 Å². The maximum atomic E-state index is 13.9. The minimum Gasteiger partial charge on any atom is -0.448 e. The van der Waals surface area contributed by atoms with Crippen molar-refractivity contribution in [1.82, 2.24) is 9.80 Å². The van der Waals surface area contributed by atoms with E-state index < -0.39 is 47.2 Å². The van der Waals surface area contributed by atoms with E-state index in [1.807, 2.05) is 30.3 Å². The summed E-state index contributed by atoms with van der Waals surface area (Å²) >= 11 is 0. The average Bonchev–Trinajstić information content (AvgIpc) is 3.61. The Bertz CT molecular complexity index is 1630. The van der Waals surface area contributed by atoms with Crippen LogP contribution in [0.25, 0.3) is 0 Å². The van der Waals surface area contributed by atoms with Gasteiger partial charge in [-0.05, 0) is 37.6 Å². The van der Waals surface area contributed by atoms with E-state index >= 15 is 0 Å². The third-order valence-corrected chi connectivity index (χ3v) is 8.46. The molecule has 0 aromatic heterocycles. The van der Waals surface area contributed by atoms with Crippen LogP contribution in [0.4, 0.5) is 10.5 Å². The van der Waals surface area contributed by atoms with Crippen molar-refractivity contribution in [2.24, 2.45) is 0 Å². The minimum atomic E-state index is -1.54. The van der Waals surface area contributed by atoms with E-state index in [1.54, 1.807) is 62.4 Å². The Morgan fingerprint density at radius 3 is 2.15 bits per heavy atom. The van der Waals surface area contributed by atoms with Gasteiger partial charge in [-0.2, -0.15) is 0 Å². The Labute approximate surface area is 235 Å². The first kappa shape index (κ1) is 25.0. The van der Waals surface area contributed by atoms with E-state index in [4.69, 9.17) is 9.47 Å². The Morgan fingerprint density at radius 2 is 1.46 bits per heavy atom. The van der Waals surface area contributed by atoms with Crippen LogP contribution in [0.15, 0.2) is 78.9 Å². The summed E-state index contributed by atoms with van der Waals surface area (Å²) in [6, 6.07) is 21.2. The molecule has 0 saturated carbocycles. The number of rotatable bonds is 3. The molecule has 4 amide bonds. The predicted octanol–water partition coefficient (Wildman–Crippen LogP) is 3.60. The summed E-state index contributed by atoms with van der Waals surface area (Å²) in [6.45, 7) is 3.21. The van der Waals surface area contributed by atoms with Gasteiger partial charge in [-0.1, -0.05) is 60.7 Å². The Hall–Kier alpha value is -4.99. The summed E-state index contributed by atoms with van der Waals surface area (Å²) in [5.41, 5.74) is -0.691. The summed E-state index contributed by atoms with van der Waals surface area (Å²) in [7, 11) is 0. The molecule has 0 aliphatic carbocycles. The number of hydrogen-bond donors (Lipinski definition) is 0. The summed E-state index contributed by atoms with van der Waals surface area (Å²) in [4.78, 5) is 71.6. The smallest absolute Gasteiger partial charge is 0.412 e. The van der Waals surface area contributed by atoms with Gasteiger partial charge in [0.25, 0.3) is 17.7 Å². The molecular formula is C31H25N3O7. The molecule has 2 fully saturated rings. The van der Waals surface area contributed by atoms with E-state index in [1.165, 1.54) is 9.80 Å². The van der Waals surface area contributed by atoms with Crippen molar-refractivity contribution in [2.45, 2.75) is 50.2 Å². The standard InChI is InChI=1S/C31H25N3O7/c1-30(2)28(38)33-22-15-9-8-14-21(22)31(27(33)34(30)29(39)40-17-18-10-4-3-5-11-18)16-23(26(37)41-31)32-24(35)19-12-6-7-13-20(19)25(32)36/h3-15,23,27H,16-17H2,1-2H3/t23-,27+,31-/m0/s1. The largest absolute Gasteiger partial charge is 0.448 e. The number of ether oxygens (including phenoxy) is 2. The normalized spacial score (nSPS) is 25.5. The zero-order chi connectivity index (χ0) is 28.7. The number of esters is 1. The van der Waals surface area contributed by atoms with Crippen LogP contribution in [-0.2, 0) is 31.3 Å². The molecule has 0 bridgehead atoms. The van der Waals surface area contributed by atoms with Crippen LogP contribution in [0.3, 0.4) is 0 Å². The van der Waals surface area contributed by atoms with Crippen LogP contribution in [0.5, 0.6) is 0 Å². The number of amides is 4. The molecule has 10 heteroatoms. The Balaban J connectivity index is 1.30. The zero-order valence-corrected chi connectivity index (χ0v) is 22.3. The minimum absolute atomic E-state index is 0.0232. The van der Waals surface area contributed by atoms with E-state index in [-0.39, 0.29) is 30.1 Å². The van der Waals surface area contributed by atoms with Gasteiger partial charge in [0.05, 0.1) is 16.8 Å². The lowest BCUT2D eigenvalue weighted by molar-refractivity contribution is -0.155. The van der Waals surface area contributed by atoms with Gasteiger partial charge in [0.2, 0.25) is 0 Å². The number of nitrogens with zero attached hydrogens (tertiary/aromatic N) is 3. The maximum absolute atomic E-state index is 13.9. The topological polar surface area (TPSA) is 114 Å². The van der Waals surface area contributed by atoms with Crippen molar-refractivity contribution in [3.05, 3.63) is 101 Å². The molecule has 206 valence electrons. The number of hydrogen-bond acceptors (Lipinski definition) is 7. The molecule has 3 aromatic rings. The van der Waals surface area contributed by atoms with Crippen LogP contribution >= 0.6 is 0 Å². The van der Waals surface area contributed by atoms with Gasteiger partial charge in [-0.25, -0.2) is 9.59 Å². The molecular weight excluding hydrogens is 526 g/mol. The Morgan fingerprint density at radius 1 is 0.854 bits per heavy atom. The SMILES string of the molecule is CC1(C)C(=O)N2c3ccccc3[C@@]3(C[C@H](N4C(=O)c5ccccc5C4=O)C(=O)O3)[C@H]2N1C(=O)OCc1ccccc1. The van der Waals surface area contributed by atoms with Gasteiger partial charge in [-0.15, -0.1) is 0 Å². The molecule has 0 radical (unpaired) electrons. The van der Waals surface area contributed by atoms with Crippen molar-refractivity contribution in [1.29, 1.82) is 0 Å². The number of benzene rings is 3. The van der Waals surface area contributed by atoms with Crippen LogP contribution in [0.2, 0.25) is 0 Å². The molecule has 2 saturated heterocycles. The highest BCUT2D eigenvalue weighted by molar-refractivity contribution is 6.23. The van der Waals surface area contributed by atoms with Crippen LogP contribution in [0, 0.1) is 0 Å². The van der Waals surface area contributed by atoms with Crippen molar-refractivity contribution >= 4 is 35.5 Å². The van der Waals surface area contributed by atoms with Crippen LogP contribution < -0.4 is 4.90 Å². The molecule has 10 nitrogen and oxygen atoms in total. The monoisotopic (exact) mass is 551 g/mol. The van der Waals surface area contributed by atoms with Crippen LogP contribution in [-0.4, -0.2) is 57.3 Å². The highest BCUT2D eigenvalue weighted by Gasteiger charge is 2.72. The van der Waals surface area contributed by atoms with Gasteiger partial charge in [0.1, 0.15) is 18.2 Å². The Kier molecular flexibility index (Phi) is 5.19. The molecule has 3 atom stereocenters. The highest BCUT2D eigenvalue weighted by atomic mass is 16.6. The lowest BCUT2D eigenvalue weighted by Crippen LogP contribution is -2.56. The van der Waals surface area contributed by atoms with Crippen molar-refractivity contribution in [3.8, 4) is 0 Å². The molecule has 0 unspecified atom stereocenters. The fourth-order valence-electron chi connectivity index (χ4n) is 6.56. The highest BCUT2D eigenvalue weighted by Crippen LogP contribution is 2.58. The van der Waals surface area contributed by atoms with Gasteiger partial charge in [-0.3, -0.25) is 29.1 Å². The molecule has 3 aromatic carbocycles. The summed E-state index contributed by atoms with van der Waals surface area (Å²) in [6.07, 6.45) is -1.98. The second kappa shape index (κ2) is 8.50. The second-order valence-electron chi connectivity index (χ2n) is 11.1. The average molecular weight is 552 g/mol. The van der Waals surface area contributed by atoms with E-state index in [0.717, 1.165) is 10.5 Å². The molecule has 1 spiro atoms. The molecule has 0 N–H and O–H groups in total. The second-order valence-corrected chi connectivity index (χ2v) is 11.1. The maximum Gasteiger partial charge on any atom is 0.412 e. The molecule has 4 heterocycles. The quantitative estimate of drug-likeness (QED) is 0.361. The zero-order valence-electron chi connectivity index (χ0n) is 22.3. The molecule has 4 aliphatic rings. The molecule has 4 aliphatic heterocycles. The first-order chi connectivity index (χ1) is 19.7. The van der Waals surface area contributed by atoms with E-state index in [9.17, 15) is 24.0 Å². The van der Waals surface area contributed by atoms with Gasteiger partial charge >= 0.3 is 12.1 Å². The van der Waals surface area contributed by atoms with Crippen LogP contribution in [0.1, 0.15) is 52.1 Å². The van der Waals surface area contributed by atoms with Gasteiger partial charge < -0.3 is 9.47 Å². The number of imide groups is 1. The van der Waals surface area contributed by atoms with Crippen molar-refractivity contribution in [3.63, 3.8) is 0 Å². The predicted molar refractivity (Wildman–Crippen MR) is 143 cm³/mol. The first-order valence-electron chi connectivity index (χ1n) is 13.3. The van der Waals surface area contributed by atoms with Gasteiger partial charge in [0.15, 0.2) is 11.8 Å². The van der Waals surface area contributed by atoms with Gasteiger partial charge in [0, 0.05) is 12.0 Å². The fraction of sp³-hybridized carbons (Fsp3) is 0.258. The number of fused-ring (bicyclic) bond motifs is 6. The fourth-order valence-corrected chi connectivity index (χ4v) is 6.56. The lowest BCUT2D eigenvalue weighted by atomic mass is 9.87. The van der Waals surface area contributed by atoms with Crippen molar-refractivity contribution < 1.29 is 33.4 Å². The summed E-state index contributed by atoms with van der Waals surface area (Å²) in [5, 5.41) is 0. The lowest BCUT2D eigenvalue weighted by Gasteiger charge is -2.38. The first-order valence-corrected chi connectivity index (χ1v) is 13.3. The number of carbonyl (C=O) groups excluding carboxylic acids is 5. The number of para-hydroxylation sites is 1.